The first-order valence-corrected chi connectivity index (χ1v) is 5.82. The molecule has 0 unspecified atom stereocenters. The molecule has 0 aromatic heterocycles. The lowest BCUT2D eigenvalue weighted by Crippen LogP contribution is -2.07. The van der Waals surface area contributed by atoms with E-state index in [0.29, 0.717) is 11.4 Å². The van der Waals surface area contributed by atoms with Crippen LogP contribution in [0.4, 0.5) is 5.69 Å². The molecule has 3 nitrogen and oxygen atoms in total. The van der Waals surface area contributed by atoms with Gasteiger partial charge in [0.2, 0.25) is 0 Å². The predicted molar refractivity (Wildman–Crippen MR) is 67.0 cm³/mol. The Morgan fingerprint density at radius 1 is 1.31 bits per heavy atom. The fourth-order valence-corrected chi connectivity index (χ4v) is 1.29. The molecule has 0 radical (unpaired) electrons. The molecule has 0 saturated carbocycles. The maximum Gasteiger partial charge on any atom is 0.146 e. The van der Waals surface area contributed by atoms with Gasteiger partial charge in [0.15, 0.2) is 0 Å². The Morgan fingerprint density at radius 3 is 2.69 bits per heavy atom. The molecule has 2 N–H and O–H groups in total. The van der Waals surface area contributed by atoms with Crippen molar-refractivity contribution in [3.63, 3.8) is 0 Å². The van der Waals surface area contributed by atoms with Crippen LogP contribution in [0, 0.1) is 0 Å². The molecule has 3 heteroatoms. The van der Waals surface area contributed by atoms with E-state index >= 15 is 0 Å². The van der Waals surface area contributed by atoms with Gasteiger partial charge in [0, 0.05) is 6.07 Å². The number of hydrogen-bond acceptors (Lipinski definition) is 3. The third-order valence-electron chi connectivity index (χ3n) is 2.11. The van der Waals surface area contributed by atoms with Gasteiger partial charge < -0.3 is 15.2 Å². The van der Waals surface area contributed by atoms with Crippen molar-refractivity contribution in [2.45, 2.75) is 39.7 Å². The lowest BCUT2D eigenvalue weighted by atomic mass is 10.2. The van der Waals surface area contributed by atoms with Crippen LogP contribution in [-0.4, -0.2) is 12.7 Å². The fraction of sp³-hybridized carbons (Fsp3) is 0.538. The summed E-state index contributed by atoms with van der Waals surface area (Å²) in [5, 5.41) is 0. The largest absolute Gasteiger partial charge is 0.493 e. The predicted octanol–water partition coefficient (Wildman–Crippen LogP) is 3.23. The molecule has 0 spiro atoms. The van der Waals surface area contributed by atoms with Crippen LogP contribution >= 0.6 is 0 Å². The van der Waals surface area contributed by atoms with E-state index in [1.807, 2.05) is 32.0 Å². The third-order valence-corrected chi connectivity index (χ3v) is 2.11. The highest BCUT2D eigenvalue weighted by Gasteiger charge is 2.05. The molecule has 0 aliphatic carbocycles. The molecule has 1 rings (SSSR count). The molecule has 90 valence electrons. The second-order valence-corrected chi connectivity index (χ2v) is 4.07. The molecule has 0 fully saturated rings. The number of unbranched alkanes of at least 4 members (excludes halogenated alkanes) is 1. The van der Waals surface area contributed by atoms with Gasteiger partial charge in [-0.15, -0.1) is 0 Å². The number of benzene rings is 1. The fourth-order valence-electron chi connectivity index (χ4n) is 1.29. The Morgan fingerprint density at radius 2 is 2.06 bits per heavy atom. The molecule has 0 bridgehead atoms. The van der Waals surface area contributed by atoms with Gasteiger partial charge in [-0.1, -0.05) is 13.3 Å². The van der Waals surface area contributed by atoms with Crippen LogP contribution in [0.5, 0.6) is 11.5 Å². The Balaban J connectivity index is 2.65. The first-order valence-electron chi connectivity index (χ1n) is 5.82. The summed E-state index contributed by atoms with van der Waals surface area (Å²) in [6.07, 6.45) is 2.31. The summed E-state index contributed by atoms with van der Waals surface area (Å²) in [5.74, 6) is 1.52. The lowest BCUT2D eigenvalue weighted by molar-refractivity contribution is 0.241. The van der Waals surface area contributed by atoms with Crippen LogP contribution in [0.2, 0.25) is 0 Å². The van der Waals surface area contributed by atoms with E-state index in [2.05, 4.69) is 6.92 Å². The molecule has 16 heavy (non-hydrogen) atoms. The number of hydrogen-bond donors (Lipinski definition) is 1. The smallest absolute Gasteiger partial charge is 0.146 e. The van der Waals surface area contributed by atoms with Gasteiger partial charge >= 0.3 is 0 Å². The van der Waals surface area contributed by atoms with Crippen molar-refractivity contribution >= 4 is 5.69 Å². The van der Waals surface area contributed by atoms with Crippen LogP contribution in [0.15, 0.2) is 18.2 Å². The minimum atomic E-state index is 0.119. The highest BCUT2D eigenvalue weighted by Crippen LogP contribution is 2.27. The molecule has 1 aromatic rings. The summed E-state index contributed by atoms with van der Waals surface area (Å²) in [6, 6.07) is 5.54. The van der Waals surface area contributed by atoms with Crippen LogP contribution < -0.4 is 15.2 Å². The molecule has 0 heterocycles. The van der Waals surface area contributed by atoms with E-state index in [4.69, 9.17) is 15.2 Å². The van der Waals surface area contributed by atoms with Crippen molar-refractivity contribution in [1.29, 1.82) is 0 Å². The van der Waals surface area contributed by atoms with Gasteiger partial charge in [0.05, 0.1) is 18.4 Å². The SMILES string of the molecule is CCCCOc1ccc(N)c(OC(C)C)c1. The molecule has 1 aromatic carbocycles. The number of nitrogen functional groups attached to an aromatic ring is 1. The van der Waals surface area contributed by atoms with Gasteiger partial charge in [-0.3, -0.25) is 0 Å². The summed E-state index contributed by atoms with van der Waals surface area (Å²) in [4.78, 5) is 0. The molecule has 0 aliphatic heterocycles. The zero-order valence-electron chi connectivity index (χ0n) is 10.3. The van der Waals surface area contributed by atoms with Crippen molar-refractivity contribution in [3.8, 4) is 11.5 Å². The molecular formula is C13H21NO2. The molecule has 0 aliphatic rings. The van der Waals surface area contributed by atoms with Crippen molar-refractivity contribution in [3.05, 3.63) is 18.2 Å². The third kappa shape index (κ3) is 4.01. The summed E-state index contributed by atoms with van der Waals surface area (Å²) in [6.45, 7) is 6.83. The highest BCUT2D eigenvalue weighted by molar-refractivity contribution is 5.55. The normalized spacial score (nSPS) is 10.5. The van der Waals surface area contributed by atoms with Crippen LogP contribution in [0.1, 0.15) is 33.6 Å². The summed E-state index contributed by atoms with van der Waals surface area (Å²) in [7, 11) is 0. The highest BCUT2D eigenvalue weighted by atomic mass is 16.5. The number of anilines is 1. The van der Waals surface area contributed by atoms with E-state index in [1.54, 1.807) is 0 Å². The van der Waals surface area contributed by atoms with E-state index < -0.39 is 0 Å². The van der Waals surface area contributed by atoms with Gasteiger partial charge in [0.1, 0.15) is 11.5 Å². The van der Waals surface area contributed by atoms with E-state index in [1.165, 1.54) is 0 Å². The summed E-state index contributed by atoms with van der Waals surface area (Å²) in [5.41, 5.74) is 6.46. The van der Waals surface area contributed by atoms with Crippen molar-refractivity contribution in [2.24, 2.45) is 0 Å². The van der Waals surface area contributed by atoms with Crippen molar-refractivity contribution < 1.29 is 9.47 Å². The van der Waals surface area contributed by atoms with Crippen LogP contribution in [-0.2, 0) is 0 Å². The van der Waals surface area contributed by atoms with E-state index in [9.17, 15) is 0 Å². The molecular weight excluding hydrogens is 202 g/mol. The zero-order chi connectivity index (χ0) is 12.0. The maximum atomic E-state index is 5.81. The lowest BCUT2D eigenvalue weighted by Gasteiger charge is -2.13. The maximum absolute atomic E-state index is 5.81. The second-order valence-electron chi connectivity index (χ2n) is 4.07. The number of ether oxygens (including phenoxy) is 2. The molecule has 0 amide bonds. The minimum absolute atomic E-state index is 0.119. The Bertz CT molecular complexity index is 324. The number of rotatable bonds is 6. The molecule has 0 atom stereocenters. The topological polar surface area (TPSA) is 44.5 Å². The average Bonchev–Trinajstić information content (AvgIpc) is 2.22. The monoisotopic (exact) mass is 223 g/mol. The zero-order valence-corrected chi connectivity index (χ0v) is 10.3. The summed E-state index contributed by atoms with van der Waals surface area (Å²) < 4.78 is 11.2. The first kappa shape index (κ1) is 12.7. The second kappa shape index (κ2) is 6.26. The van der Waals surface area contributed by atoms with Crippen molar-refractivity contribution in [2.75, 3.05) is 12.3 Å². The first-order chi connectivity index (χ1) is 7.63. The van der Waals surface area contributed by atoms with Crippen LogP contribution in [0.3, 0.4) is 0 Å². The quantitative estimate of drug-likeness (QED) is 0.595. The standard InChI is InChI=1S/C13H21NO2/c1-4-5-8-15-11-6-7-12(14)13(9-11)16-10(2)3/h6-7,9-10H,4-5,8,14H2,1-3H3. The van der Waals surface area contributed by atoms with Gasteiger partial charge in [-0.25, -0.2) is 0 Å². The van der Waals surface area contributed by atoms with Gasteiger partial charge in [-0.2, -0.15) is 0 Å². The number of nitrogens with two attached hydrogens (primary N) is 1. The Hall–Kier alpha value is -1.38. The van der Waals surface area contributed by atoms with Gasteiger partial charge in [-0.05, 0) is 32.4 Å². The average molecular weight is 223 g/mol. The Kier molecular flexibility index (Phi) is 4.96. The minimum Gasteiger partial charge on any atom is -0.493 e. The Labute approximate surface area is 97.6 Å². The summed E-state index contributed by atoms with van der Waals surface area (Å²) >= 11 is 0. The van der Waals surface area contributed by atoms with Crippen LogP contribution in [0.25, 0.3) is 0 Å². The van der Waals surface area contributed by atoms with E-state index in [-0.39, 0.29) is 6.10 Å². The van der Waals surface area contributed by atoms with Crippen molar-refractivity contribution in [1.82, 2.24) is 0 Å². The van der Waals surface area contributed by atoms with Gasteiger partial charge in [0.25, 0.3) is 0 Å². The van der Waals surface area contributed by atoms with E-state index in [0.717, 1.165) is 25.2 Å². The molecule has 0 saturated heterocycles.